The Bertz CT molecular complexity index is 969. The molecule has 186 valence electrons. The number of carbonyl (C=O) groups excluding carboxylic acids is 3. The minimum atomic E-state index is -0.325. The molecule has 1 saturated heterocycles. The van der Waals surface area contributed by atoms with Crippen molar-refractivity contribution < 1.29 is 14.4 Å². The molecule has 0 radical (unpaired) electrons. The molecular weight excluding hydrogens is 452 g/mol. The number of nitriles is 1. The summed E-state index contributed by atoms with van der Waals surface area (Å²) in [6.07, 6.45) is 2.90. The number of imide groups is 1. The second-order valence-corrected chi connectivity index (χ2v) is 10.7. The number of hydrogen-bond donors (Lipinski definition) is 2. The summed E-state index contributed by atoms with van der Waals surface area (Å²) < 4.78 is 0. The molecule has 0 saturated carbocycles. The molecule has 2 aliphatic rings. The van der Waals surface area contributed by atoms with E-state index in [1.165, 1.54) is 23.2 Å². The van der Waals surface area contributed by atoms with Gasteiger partial charge in [0.25, 0.3) is 0 Å². The Morgan fingerprint density at radius 3 is 2.59 bits per heavy atom. The SMILES string of the molecule is CCCN(C(=O)NCCN(C)C)C(=O)[C@@H]1C[C@@H]2Cc3c(sc(NC(C)=O)c3C#N)C[C@H]2N(C)C1. The summed E-state index contributed by atoms with van der Waals surface area (Å²) in [5.74, 6) is -0.356. The zero-order chi connectivity index (χ0) is 25.0. The van der Waals surface area contributed by atoms with Crippen LogP contribution in [0.25, 0.3) is 0 Å². The predicted molar refractivity (Wildman–Crippen MR) is 133 cm³/mol. The van der Waals surface area contributed by atoms with E-state index in [0.29, 0.717) is 56.0 Å². The molecule has 0 bridgehead atoms. The van der Waals surface area contributed by atoms with Crippen LogP contribution in [0.2, 0.25) is 0 Å². The fourth-order valence-corrected chi connectivity index (χ4v) is 6.38. The fraction of sp³-hybridized carbons (Fsp3) is 0.667. The molecule has 2 heterocycles. The summed E-state index contributed by atoms with van der Waals surface area (Å²) in [7, 11) is 5.92. The van der Waals surface area contributed by atoms with Gasteiger partial charge in [0.1, 0.15) is 11.1 Å². The van der Waals surface area contributed by atoms with Crippen molar-refractivity contribution in [3.63, 3.8) is 0 Å². The number of urea groups is 1. The molecule has 1 aliphatic carbocycles. The second kappa shape index (κ2) is 11.3. The Hall–Kier alpha value is -2.48. The summed E-state index contributed by atoms with van der Waals surface area (Å²) >= 11 is 1.49. The van der Waals surface area contributed by atoms with Gasteiger partial charge in [-0.3, -0.25) is 14.5 Å². The fourth-order valence-electron chi connectivity index (χ4n) is 5.11. The number of piperidine rings is 1. The van der Waals surface area contributed by atoms with Crippen LogP contribution in [0, 0.1) is 23.2 Å². The largest absolute Gasteiger partial charge is 0.336 e. The van der Waals surface area contributed by atoms with Crippen LogP contribution in [0.1, 0.15) is 42.7 Å². The van der Waals surface area contributed by atoms with Gasteiger partial charge in [-0.15, -0.1) is 11.3 Å². The highest BCUT2D eigenvalue weighted by Gasteiger charge is 2.43. The number of carbonyl (C=O) groups is 3. The first-order valence-electron chi connectivity index (χ1n) is 11.9. The van der Waals surface area contributed by atoms with Crippen LogP contribution in [0.15, 0.2) is 0 Å². The minimum Gasteiger partial charge on any atom is -0.336 e. The molecule has 4 amide bonds. The van der Waals surface area contributed by atoms with Gasteiger partial charge in [-0.2, -0.15) is 5.26 Å². The number of fused-ring (bicyclic) bond motifs is 2. The molecule has 1 aromatic rings. The number of anilines is 1. The van der Waals surface area contributed by atoms with Gasteiger partial charge in [0.05, 0.1) is 11.5 Å². The van der Waals surface area contributed by atoms with Crippen molar-refractivity contribution in [2.24, 2.45) is 11.8 Å². The molecule has 9 nitrogen and oxygen atoms in total. The molecule has 2 N–H and O–H groups in total. The quantitative estimate of drug-likeness (QED) is 0.609. The maximum atomic E-state index is 13.5. The predicted octanol–water partition coefficient (Wildman–Crippen LogP) is 2.12. The standard InChI is InChI=1S/C24H36N6O3S/c1-6-8-30(24(33)26-7-9-28(3)4)23(32)17-10-16-11-18-19(13-25)22(27-15(2)31)34-21(18)12-20(16)29(5)14-17/h16-17,20H,6-12,14H2,1-5H3,(H,26,33)(H,27,31)/t16-,17-,20-/m1/s1. The molecule has 3 rings (SSSR count). The van der Waals surface area contributed by atoms with Crippen LogP contribution < -0.4 is 10.6 Å². The van der Waals surface area contributed by atoms with E-state index in [1.54, 1.807) is 0 Å². The van der Waals surface area contributed by atoms with E-state index in [-0.39, 0.29) is 35.7 Å². The van der Waals surface area contributed by atoms with Crippen LogP contribution in [0.3, 0.4) is 0 Å². The molecule has 3 atom stereocenters. The Morgan fingerprint density at radius 2 is 1.97 bits per heavy atom. The van der Waals surface area contributed by atoms with Crippen molar-refractivity contribution in [3.8, 4) is 6.07 Å². The first kappa shape index (κ1) is 26.1. The highest BCUT2D eigenvalue weighted by Crippen LogP contribution is 2.44. The van der Waals surface area contributed by atoms with Crippen molar-refractivity contribution in [2.45, 2.75) is 45.6 Å². The number of likely N-dealkylation sites (tertiary alicyclic amines) is 1. The summed E-state index contributed by atoms with van der Waals surface area (Å²) in [5, 5.41) is 16.0. The van der Waals surface area contributed by atoms with Gasteiger partial charge in [0, 0.05) is 44.0 Å². The van der Waals surface area contributed by atoms with Crippen molar-refractivity contribution in [2.75, 3.05) is 52.6 Å². The molecular formula is C24H36N6O3S. The van der Waals surface area contributed by atoms with Gasteiger partial charge in [-0.25, -0.2) is 4.79 Å². The maximum Gasteiger partial charge on any atom is 0.324 e. The highest BCUT2D eigenvalue weighted by atomic mass is 32.1. The van der Waals surface area contributed by atoms with Crippen LogP contribution in [0.4, 0.5) is 9.80 Å². The normalized spacial score (nSPS) is 21.9. The van der Waals surface area contributed by atoms with E-state index in [0.717, 1.165) is 16.9 Å². The number of rotatable bonds is 7. The summed E-state index contributed by atoms with van der Waals surface area (Å²) in [5.41, 5.74) is 1.56. The zero-order valence-corrected chi connectivity index (χ0v) is 21.6. The van der Waals surface area contributed by atoms with Gasteiger partial charge in [-0.05, 0) is 58.3 Å². The van der Waals surface area contributed by atoms with Crippen LogP contribution in [-0.2, 0) is 22.4 Å². The molecule has 1 aliphatic heterocycles. The summed E-state index contributed by atoms with van der Waals surface area (Å²) in [4.78, 5) is 44.6. The molecule has 0 unspecified atom stereocenters. The Labute approximate surface area is 206 Å². The lowest BCUT2D eigenvalue weighted by atomic mass is 9.74. The number of likely N-dealkylation sites (N-methyl/N-ethyl adjacent to an activating group) is 2. The lowest BCUT2D eigenvalue weighted by Crippen LogP contribution is -2.55. The van der Waals surface area contributed by atoms with Gasteiger partial charge in [-0.1, -0.05) is 6.92 Å². The van der Waals surface area contributed by atoms with Crippen LogP contribution in [-0.4, -0.2) is 85.9 Å². The molecule has 1 aromatic heterocycles. The number of nitrogens with one attached hydrogen (secondary N) is 2. The first-order chi connectivity index (χ1) is 16.2. The number of thiophene rings is 1. The van der Waals surface area contributed by atoms with E-state index >= 15 is 0 Å². The molecule has 1 fully saturated rings. The number of hydrogen-bond acceptors (Lipinski definition) is 7. The topological polar surface area (TPSA) is 109 Å². The number of nitrogens with zero attached hydrogens (tertiary/aromatic N) is 4. The zero-order valence-electron chi connectivity index (χ0n) is 20.8. The van der Waals surface area contributed by atoms with E-state index < -0.39 is 0 Å². The Balaban J connectivity index is 1.75. The molecule has 10 heteroatoms. The van der Waals surface area contributed by atoms with Crippen molar-refractivity contribution >= 4 is 34.2 Å². The monoisotopic (exact) mass is 488 g/mol. The maximum absolute atomic E-state index is 13.5. The van der Waals surface area contributed by atoms with Crippen molar-refractivity contribution in [1.82, 2.24) is 20.0 Å². The average Bonchev–Trinajstić information content (AvgIpc) is 3.10. The summed E-state index contributed by atoms with van der Waals surface area (Å²) in [6.45, 7) is 5.61. The second-order valence-electron chi connectivity index (χ2n) is 9.63. The molecule has 34 heavy (non-hydrogen) atoms. The Kier molecular flexibility index (Phi) is 8.68. The lowest BCUT2D eigenvalue weighted by Gasteiger charge is -2.45. The first-order valence-corrected chi connectivity index (χ1v) is 12.7. The number of amides is 4. The van der Waals surface area contributed by atoms with Gasteiger partial charge in [0.15, 0.2) is 0 Å². The third-order valence-corrected chi connectivity index (χ3v) is 7.87. The molecule has 0 spiro atoms. The van der Waals surface area contributed by atoms with Gasteiger partial charge in [0.2, 0.25) is 11.8 Å². The molecule has 0 aromatic carbocycles. The van der Waals surface area contributed by atoms with Crippen molar-refractivity contribution in [1.29, 1.82) is 5.26 Å². The van der Waals surface area contributed by atoms with E-state index in [2.05, 4.69) is 21.6 Å². The van der Waals surface area contributed by atoms with Crippen LogP contribution >= 0.6 is 11.3 Å². The summed E-state index contributed by atoms with van der Waals surface area (Å²) in [6, 6.07) is 2.23. The van der Waals surface area contributed by atoms with Crippen LogP contribution in [0.5, 0.6) is 0 Å². The third kappa shape index (κ3) is 5.77. The highest BCUT2D eigenvalue weighted by molar-refractivity contribution is 7.16. The van der Waals surface area contributed by atoms with E-state index in [4.69, 9.17) is 0 Å². The van der Waals surface area contributed by atoms with Gasteiger partial charge < -0.3 is 20.4 Å². The Morgan fingerprint density at radius 1 is 1.24 bits per heavy atom. The van der Waals surface area contributed by atoms with Crippen molar-refractivity contribution in [3.05, 3.63) is 16.0 Å². The lowest BCUT2D eigenvalue weighted by molar-refractivity contribution is -0.136. The smallest absolute Gasteiger partial charge is 0.324 e. The van der Waals surface area contributed by atoms with E-state index in [9.17, 15) is 19.6 Å². The van der Waals surface area contributed by atoms with E-state index in [1.807, 2.05) is 33.0 Å². The average molecular weight is 489 g/mol. The van der Waals surface area contributed by atoms with Gasteiger partial charge >= 0.3 is 6.03 Å². The third-order valence-electron chi connectivity index (χ3n) is 6.70. The minimum absolute atomic E-state index is 0.120.